The van der Waals surface area contributed by atoms with E-state index in [0.29, 0.717) is 0 Å². The van der Waals surface area contributed by atoms with Crippen LogP contribution in [0, 0.1) is 0 Å². The number of halogens is 6. The molecule has 0 aromatic heterocycles. The summed E-state index contributed by atoms with van der Waals surface area (Å²) in [5.74, 6) is 0. The zero-order valence-electron chi connectivity index (χ0n) is 10.6. The highest BCUT2D eigenvalue weighted by Gasteiger charge is 2.40. The monoisotopic (exact) mass is 350 g/mol. The molecular formula is C8H16F6N2O2S2. The maximum atomic E-state index is 13.1. The number of thiol groups is 1. The second-order valence-electron chi connectivity index (χ2n) is 4.21. The molecule has 0 heterocycles. The van der Waals surface area contributed by atoms with Gasteiger partial charge in [-0.2, -0.15) is 26.3 Å². The Morgan fingerprint density at radius 2 is 1.45 bits per heavy atom. The summed E-state index contributed by atoms with van der Waals surface area (Å²) >= 11 is 3.97. The molecule has 4 nitrogen and oxygen atoms in total. The fraction of sp³-hybridized carbons (Fsp3) is 1.00. The normalized spacial score (nSPS) is 15.5. The van der Waals surface area contributed by atoms with E-state index in [1.54, 1.807) is 0 Å². The zero-order valence-corrected chi connectivity index (χ0v) is 12.3. The van der Waals surface area contributed by atoms with E-state index >= 15 is 0 Å². The Morgan fingerprint density at radius 1 is 1.00 bits per heavy atom. The minimum atomic E-state index is -4.31. The van der Waals surface area contributed by atoms with Gasteiger partial charge in [-0.15, -0.1) is 20.9 Å². The Balaban J connectivity index is 4.23. The third-order valence-corrected chi connectivity index (χ3v) is 2.80. The number of hydrogen-bond acceptors (Lipinski definition) is 5. The van der Waals surface area contributed by atoms with Gasteiger partial charge in [-0.3, -0.25) is 10.5 Å². The van der Waals surface area contributed by atoms with E-state index < -0.39 is 47.3 Å². The maximum absolute atomic E-state index is 13.1. The number of rotatable bonds is 9. The van der Waals surface area contributed by atoms with Crippen molar-refractivity contribution >= 4 is 20.9 Å². The Bertz CT molecular complexity index is 278. The summed E-state index contributed by atoms with van der Waals surface area (Å²) in [6, 6.07) is -3.99. The first-order chi connectivity index (χ1) is 8.62. The van der Waals surface area contributed by atoms with Gasteiger partial charge in [0.25, 0.3) is 0 Å². The third-order valence-electron chi connectivity index (χ3n) is 1.56. The van der Waals surface area contributed by atoms with E-state index in [1.807, 2.05) is 0 Å². The van der Waals surface area contributed by atoms with E-state index in [0.717, 1.165) is 0 Å². The van der Waals surface area contributed by atoms with Crippen LogP contribution in [0.25, 0.3) is 0 Å². The van der Waals surface area contributed by atoms with Crippen LogP contribution in [0.3, 0.4) is 0 Å². The van der Waals surface area contributed by atoms with Gasteiger partial charge in [0.2, 0.25) is 0 Å². The van der Waals surface area contributed by atoms with E-state index in [9.17, 15) is 26.3 Å². The Hall–Kier alpha value is 0.120. The molecule has 0 fully saturated rings. The minimum Gasteiger partial charge on any atom is -0.311 e. The molecule has 3 N–H and O–H groups in total. The van der Waals surface area contributed by atoms with Crippen LogP contribution < -0.4 is 10.5 Å². The highest BCUT2D eigenvalue weighted by Crippen LogP contribution is 2.40. The Kier molecular flexibility index (Phi) is 6.96. The molecule has 0 bridgehead atoms. The fourth-order valence-corrected chi connectivity index (χ4v) is 1.46. The molecule has 0 aliphatic carbocycles. The van der Waals surface area contributed by atoms with Crippen LogP contribution in [0.4, 0.5) is 26.3 Å². The van der Waals surface area contributed by atoms with Crippen molar-refractivity contribution in [1.29, 1.82) is 0 Å². The lowest BCUT2D eigenvalue weighted by molar-refractivity contribution is -0.330. The van der Waals surface area contributed by atoms with Gasteiger partial charge in [0.15, 0.2) is 0 Å². The molecular weight excluding hydrogens is 334 g/mol. The highest BCUT2D eigenvalue weighted by molar-refractivity contribution is 8.86. The smallest absolute Gasteiger partial charge is 0.311 e. The first-order valence-electron chi connectivity index (χ1n) is 5.03. The molecule has 0 saturated carbocycles. The van der Waals surface area contributed by atoms with Crippen molar-refractivity contribution in [2.45, 2.75) is 18.3 Å². The number of nitrogens with two attached hydrogens (primary N) is 1. The summed E-state index contributed by atoms with van der Waals surface area (Å²) in [6.07, 6.45) is -5.17. The van der Waals surface area contributed by atoms with Crippen molar-refractivity contribution in [3.8, 4) is 0 Å². The number of alkyl halides is 6. The van der Waals surface area contributed by atoms with Gasteiger partial charge in [-0.05, 0) is 12.5 Å². The summed E-state index contributed by atoms with van der Waals surface area (Å²) in [4.78, 5) is 0. The van der Waals surface area contributed by atoms with E-state index in [2.05, 4.69) is 31.6 Å². The summed E-state index contributed by atoms with van der Waals surface area (Å²) in [5.41, 5.74) is 4.12. The summed E-state index contributed by atoms with van der Waals surface area (Å²) < 4.78 is 85.5. The lowest BCUT2D eigenvalue weighted by atomic mass is 10.5. The maximum Gasteiger partial charge on any atom is 0.379 e. The van der Waals surface area contributed by atoms with Gasteiger partial charge in [0.1, 0.15) is 13.2 Å². The molecule has 20 heavy (non-hydrogen) atoms. The Labute approximate surface area is 118 Å². The van der Waals surface area contributed by atoms with Crippen LogP contribution in [0.1, 0.15) is 0 Å². The molecule has 0 rings (SSSR count). The summed E-state index contributed by atoms with van der Waals surface area (Å²) in [5, 5.41) is 0. The van der Waals surface area contributed by atoms with E-state index in [-0.39, 0.29) is 0 Å². The van der Waals surface area contributed by atoms with Crippen molar-refractivity contribution in [1.82, 2.24) is 4.72 Å². The molecule has 0 aromatic rings. The van der Waals surface area contributed by atoms with Crippen molar-refractivity contribution in [3.05, 3.63) is 0 Å². The molecule has 0 aliphatic rings. The van der Waals surface area contributed by atoms with Gasteiger partial charge >= 0.3 is 18.3 Å². The lowest BCUT2D eigenvalue weighted by Crippen LogP contribution is -2.42. The van der Waals surface area contributed by atoms with Gasteiger partial charge in [-0.25, -0.2) is 0 Å². The van der Waals surface area contributed by atoms with E-state index in [4.69, 9.17) is 0 Å². The van der Waals surface area contributed by atoms with Gasteiger partial charge in [-0.1, -0.05) is 0 Å². The lowest BCUT2D eigenvalue weighted by Gasteiger charge is -2.29. The predicted octanol–water partition coefficient (Wildman–Crippen LogP) is 2.17. The van der Waals surface area contributed by atoms with Crippen LogP contribution in [0.2, 0.25) is 0 Å². The van der Waals surface area contributed by atoms with Crippen molar-refractivity contribution in [2.24, 2.45) is 5.73 Å². The van der Waals surface area contributed by atoms with Crippen molar-refractivity contribution < 1.29 is 35.8 Å². The number of nitrogens with one attached hydrogen (secondary N) is 1. The van der Waals surface area contributed by atoms with Crippen LogP contribution in [0.5, 0.6) is 0 Å². The molecule has 0 amide bonds. The van der Waals surface area contributed by atoms with E-state index in [1.165, 1.54) is 12.5 Å². The molecule has 12 heteroatoms. The average molecular weight is 350 g/mol. The van der Waals surface area contributed by atoms with Gasteiger partial charge in [0.05, 0.1) is 6.54 Å². The summed E-state index contributed by atoms with van der Waals surface area (Å²) in [6.45, 7) is -4.76. The standard InChI is InChI=1S/C8H16F6N2O2S2/c1-20(2,19)16-3-7(11,12)18-5-8(13,14)17-4-6(9,10)15/h16,19H,3-5,15H2,1-2H3. The quantitative estimate of drug-likeness (QED) is 0.258. The molecule has 0 aromatic carbocycles. The first kappa shape index (κ1) is 20.1. The van der Waals surface area contributed by atoms with Crippen LogP contribution in [-0.4, -0.2) is 50.5 Å². The SMILES string of the molecule is CS(C)(S)NCC(F)(F)OCC(F)(F)OCC(N)(F)F. The largest absolute Gasteiger partial charge is 0.379 e. The molecule has 0 spiro atoms. The van der Waals surface area contributed by atoms with Crippen LogP contribution in [-0.2, 0) is 9.47 Å². The average Bonchev–Trinajstić information content (AvgIpc) is 2.20. The van der Waals surface area contributed by atoms with Gasteiger partial charge in [0, 0.05) is 0 Å². The van der Waals surface area contributed by atoms with Crippen molar-refractivity contribution in [3.63, 3.8) is 0 Å². The zero-order chi connectivity index (χ0) is 16.2. The number of ether oxygens (including phenoxy) is 2. The molecule has 124 valence electrons. The molecule has 0 saturated heterocycles. The number of hydrogen-bond donors (Lipinski definition) is 3. The first-order valence-corrected chi connectivity index (χ1v) is 8.53. The molecule has 0 atom stereocenters. The Morgan fingerprint density at radius 3 is 1.85 bits per heavy atom. The second-order valence-corrected chi connectivity index (χ2v) is 9.78. The van der Waals surface area contributed by atoms with Crippen molar-refractivity contribution in [2.75, 3.05) is 32.3 Å². The molecule has 0 unspecified atom stereocenters. The predicted molar refractivity (Wildman–Crippen MR) is 67.4 cm³/mol. The minimum absolute atomic E-state index is 1.05. The van der Waals surface area contributed by atoms with Crippen LogP contribution >= 0.6 is 20.9 Å². The molecule has 0 aliphatic heterocycles. The van der Waals surface area contributed by atoms with Crippen LogP contribution in [0.15, 0.2) is 0 Å². The highest BCUT2D eigenvalue weighted by atomic mass is 33.1. The van der Waals surface area contributed by atoms with Gasteiger partial charge < -0.3 is 9.47 Å². The fourth-order valence-electron chi connectivity index (χ4n) is 0.745. The summed E-state index contributed by atoms with van der Waals surface area (Å²) in [7, 11) is -1.79. The second kappa shape index (κ2) is 6.92. The third kappa shape index (κ3) is 11.9. The topological polar surface area (TPSA) is 56.5 Å². The molecule has 0 radical (unpaired) electrons.